The Morgan fingerprint density at radius 3 is 2.36 bits per heavy atom. The number of amides is 3. The molecule has 0 atom stereocenters. The second kappa shape index (κ2) is 10.9. The van der Waals surface area contributed by atoms with Gasteiger partial charge in [0.1, 0.15) is 6.54 Å². The molecule has 3 amide bonds. The number of rotatable bonds is 9. The van der Waals surface area contributed by atoms with Gasteiger partial charge in [-0.2, -0.15) is 0 Å². The summed E-state index contributed by atoms with van der Waals surface area (Å²) < 4.78 is 0. The number of hydrogen-bond donors (Lipinski definition) is 1. The van der Waals surface area contributed by atoms with Crippen LogP contribution in [-0.4, -0.2) is 41.4 Å². The lowest BCUT2D eigenvalue weighted by Gasteiger charge is -2.29. The molecule has 6 heteroatoms. The van der Waals surface area contributed by atoms with Gasteiger partial charge in [0.25, 0.3) is 0 Å². The number of nitrogens with one attached hydrogen (secondary N) is 1. The lowest BCUT2D eigenvalue weighted by molar-refractivity contribution is -0.133. The Kier molecular flexibility index (Phi) is 8.51. The van der Waals surface area contributed by atoms with Crippen LogP contribution in [0.3, 0.4) is 0 Å². The fourth-order valence-electron chi connectivity index (χ4n) is 2.96. The van der Waals surface area contributed by atoms with Crippen molar-refractivity contribution in [1.82, 2.24) is 15.1 Å². The van der Waals surface area contributed by atoms with Crippen molar-refractivity contribution in [2.45, 2.75) is 40.8 Å². The van der Waals surface area contributed by atoms with Crippen LogP contribution in [0, 0.1) is 12.8 Å². The van der Waals surface area contributed by atoms with Gasteiger partial charge in [-0.25, -0.2) is 4.79 Å². The third-order valence-corrected chi connectivity index (χ3v) is 5.41. The number of nitrogens with zero attached hydrogens (tertiary/aromatic N) is 2. The minimum atomic E-state index is -0.184. The normalized spacial score (nSPS) is 10.8. The number of thiophene rings is 1. The van der Waals surface area contributed by atoms with Crippen LogP contribution in [0.15, 0.2) is 41.8 Å². The molecule has 2 rings (SSSR count). The molecule has 0 fully saturated rings. The molecule has 1 heterocycles. The summed E-state index contributed by atoms with van der Waals surface area (Å²) in [6.07, 6.45) is 0. The Balaban J connectivity index is 2.18. The molecule has 0 unspecified atom stereocenters. The van der Waals surface area contributed by atoms with Gasteiger partial charge < -0.3 is 15.1 Å². The Hall–Kier alpha value is -2.34. The largest absolute Gasteiger partial charge is 0.338 e. The SMILES string of the molecule is CCNC(=O)N(CC(=O)N(Cc1ccccc1)Cc1sccc1C)CC(C)C. The van der Waals surface area contributed by atoms with E-state index in [0.29, 0.717) is 26.2 Å². The Morgan fingerprint density at radius 2 is 1.79 bits per heavy atom. The van der Waals surface area contributed by atoms with Gasteiger partial charge >= 0.3 is 6.03 Å². The van der Waals surface area contributed by atoms with E-state index in [-0.39, 0.29) is 24.4 Å². The average molecular weight is 402 g/mol. The summed E-state index contributed by atoms with van der Waals surface area (Å²) in [4.78, 5) is 30.3. The van der Waals surface area contributed by atoms with Gasteiger partial charge in [0.05, 0.1) is 6.54 Å². The van der Waals surface area contributed by atoms with Gasteiger partial charge in [-0.15, -0.1) is 11.3 Å². The molecule has 0 aliphatic carbocycles. The van der Waals surface area contributed by atoms with E-state index in [1.54, 1.807) is 16.2 Å². The van der Waals surface area contributed by atoms with E-state index in [1.807, 2.05) is 56.0 Å². The number of carbonyl (C=O) groups is 2. The molecule has 5 nitrogen and oxygen atoms in total. The second-order valence-corrected chi connectivity index (χ2v) is 8.37. The highest BCUT2D eigenvalue weighted by atomic mass is 32.1. The molecule has 0 bridgehead atoms. The number of urea groups is 1. The number of hydrogen-bond acceptors (Lipinski definition) is 3. The van der Waals surface area contributed by atoms with Crippen molar-refractivity contribution in [3.8, 4) is 0 Å². The zero-order valence-electron chi connectivity index (χ0n) is 17.3. The summed E-state index contributed by atoms with van der Waals surface area (Å²) in [5.41, 5.74) is 2.28. The maximum absolute atomic E-state index is 13.2. The molecule has 0 aliphatic rings. The topological polar surface area (TPSA) is 52.7 Å². The summed E-state index contributed by atoms with van der Waals surface area (Å²) in [7, 11) is 0. The van der Waals surface area contributed by atoms with Crippen molar-refractivity contribution in [2.24, 2.45) is 5.92 Å². The van der Waals surface area contributed by atoms with Crippen LogP contribution in [0.5, 0.6) is 0 Å². The maximum Gasteiger partial charge on any atom is 0.317 e. The summed E-state index contributed by atoms with van der Waals surface area (Å²) >= 11 is 1.66. The Bertz CT molecular complexity index is 758. The first-order chi connectivity index (χ1) is 13.4. The van der Waals surface area contributed by atoms with Crippen LogP contribution in [0.2, 0.25) is 0 Å². The first-order valence-corrected chi connectivity index (χ1v) is 10.7. The zero-order valence-corrected chi connectivity index (χ0v) is 18.1. The molecule has 2 aromatic rings. The van der Waals surface area contributed by atoms with Crippen molar-refractivity contribution >= 4 is 23.3 Å². The van der Waals surface area contributed by atoms with Gasteiger partial charge in [0.2, 0.25) is 5.91 Å². The maximum atomic E-state index is 13.2. The van der Waals surface area contributed by atoms with Crippen LogP contribution in [0.4, 0.5) is 4.79 Å². The van der Waals surface area contributed by atoms with E-state index < -0.39 is 0 Å². The van der Waals surface area contributed by atoms with Crippen LogP contribution in [-0.2, 0) is 17.9 Å². The molecular weight excluding hydrogens is 370 g/mol. The highest BCUT2D eigenvalue weighted by Gasteiger charge is 2.22. The van der Waals surface area contributed by atoms with E-state index >= 15 is 0 Å². The van der Waals surface area contributed by atoms with E-state index in [1.165, 1.54) is 10.4 Å². The van der Waals surface area contributed by atoms with Crippen molar-refractivity contribution in [1.29, 1.82) is 0 Å². The van der Waals surface area contributed by atoms with Gasteiger partial charge in [0, 0.05) is 24.5 Å². The molecule has 1 aromatic heterocycles. The van der Waals surface area contributed by atoms with Crippen molar-refractivity contribution in [3.63, 3.8) is 0 Å². The minimum Gasteiger partial charge on any atom is -0.338 e. The monoisotopic (exact) mass is 401 g/mol. The van der Waals surface area contributed by atoms with Crippen molar-refractivity contribution in [2.75, 3.05) is 19.6 Å². The van der Waals surface area contributed by atoms with Crippen LogP contribution < -0.4 is 5.32 Å². The predicted molar refractivity (Wildman–Crippen MR) is 115 cm³/mol. The van der Waals surface area contributed by atoms with Gasteiger partial charge in [-0.3, -0.25) is 4.79 Å². The summed E-state index contributed by atoms with van der Waals surface area (Å²) in [5, 5.41) is 4.87. The molecule has 0 saturated carbocycles. The van der Waals surface area contributed by atoms with Crippen molar-refractivity contribution < 1.29 is 9.59 Å². The predicted octanol–water partition coefficient (Wildman–Crippen LogP) is 4.27. The number of carbonyl (C=O) groups excluding carboxylic acids is 2. The van der Waals surface area contributed by atoms with Crippen molar-refractivity contribution in [3.05, 3.63) is 57.8 Å². The quantitative estimate of drug-likeness (QED) is 0.682. The third kappa shape index (κ3) is 6.68. The molecule has 0 saturated heterocycles. The van der Waals surface area contributed by atoms with E-state index in [0.717, 1.165) is 5.56 Å². The van der Waals surface area contributed by atoms with Crippen LogP contribution in [0.1, 0.15) is 36.8 Å². The van der Waals surface area contributed by atoms with Crippen LogP contribution in [0.25, 0.3) is 0 Å². The molecule has 0 aliphatic heterocycles. The fraction of sp³-hybridized carbons (Fsp3) is 0.455. The first-order valence-electron chi connectivity index (χ1n) is 9.78. The lowest BCUT2D eigenvalue weighted by Crippen LogP contribution is -2.47. The highest BCUT2D eigenvalue weighted by molar-refractivity contribution is 7.10. The lowest BCUT2D eigenvalue weighted by atomic mass is 10.2. The van der Waals surface area contributed by atoms with E-state index in [2.05, 4.69) is 23.7 Å². The van der Waals surface area contributed by atoms with Gasteiger partial charge in [-0.05, 0) is 42.3 Å². The fourth-order valence-corrected chi connectivity index (χ4v) is 3.88. The number of benzene rings is 1. The Morgan fingerprint density at radius 1 is 1.07 bits per heavy atom. The van der Waals surface area contributed by atoms with E-state index in [9.17, 15) is 9.59 Å². The molecule has 1 N–H and O–H groups in total. The number of aryl methyl sites for hydroxylation is 1. The first kappa shape index (κ1) is 22.0. The molecule has 0 spiro atoms. The molecule has 152 valence electrons. The minimum absolute atomic E-state index is 0.0384. The van der Waals surface area contributed by atoms with E-state index in [4.69, 9.17) is 0 Å². The van der Waals surface area contributed by atoms with Gasteiger partial charge in [-0.1, -0.05) is 44.2 Å². The molecule has 1 aromatic carbocycles. The molecule has 0 radical (unpaired) electrons. The van der Waals surface area contributed by atoms with Crippen LogP contribution >= 0.6 is 11.3 Å². The van der Waals surface area contributed by atoms with Gasteiger partial charge in [0.15, 0.2) is 0 Å². The summed E-state index contributed by atoms with van der Waals surface area (Å²) in [6.45, 7) is 10.3. The summed E-state index contributed by atoms with van der Waals surface area (Å²) in [6, 6.07) is 11.9. The Labute approximate surface area is 172 Å². The average Bonchev–Trinajstić information content (AvgIpc) is 3.06. The third-order valence-electron chi connectivity index (χ3n) is 4.40. The smallest absolute Gasteiger partial charge is 0.317 e. The second-order valence-electron chi connectivity index (χ2n) is 7.37. The summed E-state index contributed by atoms with van der Waals surface area (Å²) in [5.74, 6) is 0.251. The molecule has 28 heavy (non-hydrogen) atoms. The highest BCUT2D eigenvalue weighted by Crippen LogP contribution is 2.19. The molecular formula is C22H31N3O2S. The zero-order chi connectivity index (χ0) is 20.5. The standard InChI is InChI=1S/C22H31N3O2S/c1-5-23-22(27)25(13-17(2)3)16-21(26)24(14-19-9-7-6-8-10-19)15-20-18(4)11-12-28-20/h6-12,17H,5,13-16H2,1-4H3,(H,23,27).